The quantitative estimate of drug-likeness (QED) is 0.186. The minimum atomic E-state index is -1.20. The molecular weight excluding hydrogens is 419 g/mol. The zero-order valence-corrected chi connectivity index (χ0v) is 19.6. The Bertz CT molecular complexity index is 1170. The third-order valence-electron chi connectivity index (χ3n) is 5.13. The molecule has 0 unspecified atom stereocenters. The van der Waals surface area contributed by atoms with Gasteiger partial charge in [-0.25, -0.2) is 14.6 Å². The monoisotopic (exact) mass is 446 g/mol. The molecule has 0 radical (unpaired) electrons. The lowest BCUT2D eigenvalue weighted by atomic mass is 10.0. The number of hydrogen-bond acceptors (Lipinski definition) is 4. The van der Waals surface area contributed by atoms with E-state index in [-0.39, 0.29) is 12.3 Å². The first kappa shape index (κ1) is 22.0. The second kappa shape index (κ2) is 9.54. The van der Waals surface area contributed by atoms with Crippen LogP contribution >= 0.6 is 0 Å². The van der Waals surface area contributed by atoms with E-state index in [1.165, 1.54) is 6.20 Å². The largest absolute Gasteiger partial charge is 0.359 e. The summed E-state index contributed by atoms with van der Waals surface area (Å²) in [5.41, 5.74) is 2.77. The van der Waals surface area contributed by atoms with Crippen LogP contribution in [0, 0.1) is 5.95 Å². The summed E-state index contributed by atoms with van der Waals surface area (Å²) in [6, 6.07) is 22.3. The molecular formula is C25H27FN4OSi. The summed E-state index contributed by atoms with van der Waals surface area (Å²) in [6.45, 7) is 7.86. The van der Waals surface area contributed by atoms with Crippen molar-refractivity contribution >= 4 is 8.07 Å². The number of rotatable bonds is 8. The molecule has 0 saturated heterocycles. The molecule has 7 heteroatoms. The minimum absolute atomic E-state index is 0.254. The van der Waals surface area contributed by atoms with Crippen molar-refractivity contribution in [2.45, 2.75) is 32.4 Å². The summed E-state index contributed by atoms with van der Waals surface area (Å²) < 4.78 is 22.6. The van der Waals surface area contributed by atoms with Gasteiger partial charge in [-0.15, -0.1) is 5.10 Å². The maximum Gasteiger partial charge on any atom is 0.224 e. The van der Waals surface area contributed by atoms with Crippen molar-refractivity contribution in [3.63, 3.8) is 0 Å². The smallest absolute Gasteiger partial charge is 0.224 e. The molecule has 0 N–H and O–H groups in total. The van der Waals surface area contributed by atoms with E-state index in [1.807, 2.05) is 60.7 Å². The fourth-order valence-electron chi connectivity index (χ4n) is 3.38. The molecule has 0 aliphatic heterocycles. The maximum absolute atomic E-state index is 15.0. The first-order valence-electron chi connectivity index (χ1n) is 10.7. The predicted molar refractivity (Wildman–Crippen MR) is 128 cm³/mol. The number of nitrogens with zero attached hydrogens (tertiary/aromatic N) is 4. The highest BCUT2D eigenvalue weighted by atomic mass is 28.3. The molecule has 0 atom stereocenters. The van der Waals surface area contributed by atoms with Gasteiger partial charge in [0.1, 0.15) is 6.73 Å². The second-order valence-electron chi connectivity index (χ2n) is 8.86. The lowest BCUT2D eigenvalue weighted by molar-refractivity contribution is 0.0797. The number of hydrogen-bond donors (Lipinski definition) is 0. The Morgan fingerprint density at radius 1 is 0.906 bits per heavy atom. The van der Waals surface area contributed by atoms with Crippen LogP contribution in [0.5, 0.6) is 0 Å². The summed E-state index contributed by atoms with van der Waals surface area (Å²) in [5.74, 6) is 0.334. The van der Waals surface area contributed by atoms with Gasteiger partial charge in [-0.2, -0.15) is 4.39 Å². The van der Waals surface area contributed by atoms with E-state index in [0.717, 1.165) is 17.2 Å². The average Bonchev–Trinajstić information content (AvgIpc) is 3.21. The van der Waals surface area contributed by atoms with Gasteiger partial charge in [0.25, 0.3) is 0 Å². The van der Waals surface area contributed by atoms with Crippen molar-refractivity contribution < 1.29 is 9.13 Å². The molecule has 0 bridgehead atoms. The summed E-state index contributed by atoms with van der Waals surface area (Å²) >= 11 is 0. The first-order chi connectivity index (χ1) is 15.4. The fourth-order valence-corrected chi connectivity index (χ4v) is 4.13. The molecule has 0 spiro atoms. The highest BCUT2D eigenvalue weighted by Crippen LogP contribution is 2.33. The second-order valence-corrected chi connectivity index (χ2v) is 14.5. The van der Waals surface area contributed by atoms with Gasteiger partial charge in [-0.05, 0) is 23.2 Å². The highest BCUT2D eigenvalue weighted by Gasteiger charge is 2.21. The maximum atomic E-state index is 15.0. The van der Waals surface area contributed by atoms with Crippen LogP contribution in [0.15, 0.2) is 72.9 Å². The highest BCUT2D eigenvalue weighted by molar-refractivity contribution is 6.76. The van der Waals surface area contributed by atoms with Crippen molar-refractivity contribution in [1.29, 1.82) is 0 Å². The molecule has 2 heterocycles. The van der Waals surface area contributed by atoms with Gasteiger partial charge < -0.3 is 4.74 Å². The van der Waals surface area contributed by atoms with E-state index in [2.05, 4.69) is 29.7 Å². The Kier molecular flexibility index (Phi) is 6.57. The molecule has 32 heavy (non-hydrogen) atoms. The summed E-state index contributed by atoms with van der Waals surface area (Å²) in [5, 5.41) is 4.65. The van der Waals surface area contributed by atoms with Gasteiger partial charge in [0.15, 0.2) is 11.6 Å². The molecule has 5 nitrogen and oxygen atoms in total. The number of halogens is 1. The Morgan fingerprint density at radius 3 is 2.22 bits per heavy atom. The first-order valence-corrected chi connectivity index (χ1v) is 14.4. The van der Waals surface area contributed by atoms with Gasteiger partial charge in [0.05, 0.1) is 5.56 Å². The van der Waals surface area contributed by atoms with E-state index in [4.69, 9.17) is 9.72 Å². The summed E-state index contributed by atoms with van der Waals surface area (Å²) in [4.78, 5) is 8.60. The number of ether oxygens (including phenoxy) is 1. The van der Waals surface area contributed by atoms with E-state index in [9.17, 15) is 4.39 Å². The lowest BCUT2D eigenvalue weighted by Gasteiger charge is -2.15. The SMILES string of the molecule is C[Si](C)(C)CCOCn1nc(-c2c(-c3ccccc3)ccnc2F)nc1-c1ccccc1. The van der Waals surface area contributed by atoms with Crippen LogP contribution in [0.4, 0.5) is 4.39 Å². The van der Waals surface area contributed by atoms with Gasteiger partial charge in [0.2, 0.25) is 5.95 Å². The molecule has 0 aliphatic rings. The molecule has 4 rings (SSSR count). The van der Waals surface area contributed by atoms with Crippen molar-refractivity contribution in [3.8, 4) is 33.9 Å². The third-order valence-corrected chi connectivity index (χ3v) is 6.83. The van der Waals surface area contributed by atoms with Crippen LogP contribution in [0.25, 0.3) is 33.9 Å². The van der Waals surface area contributed by atoms with Gasteiger partial charge >= 0.3 is 0 Å². The van der Waals surface area contributed by atoms with Crippen molar-refractivity contribution in [1.82, 2.24) is 19.7 Å². The zero-order valence-electron chi connectivity index (χ0n) is 18.6. The van der Waals surface area contributed by atoms with Gasteiger partial charge in [-0.3, -0.25) is 0 Å². The molecule has 0 aliphatic carbocycles. The van der Waals surface area contributed by atoms with Crippen LogP contribution in [0.1, 0.15) is 0 Å². The summed E-state index contributed by atoms with van der Waals surface area (Å²) in [7, 11) is -1.20. The van der Waals surface area contributed by atoms with Crippen LogP contribution in [0.3, 0.4) is 0 Å². The molecule has 2 aromatic heterocycles. The fraction of sp³-hybridized carbons (Fsp3) is 0.240. The Balaban J connectivity index is 1.74. The molecule has 2 aromatic carbocycles. The van der Waals surface area contributed by atoms with Crippen molar-refractivity contribution in [2.24, 2.45) is 0 Å². The molecule has 0 saturated carbocycles. The molecule has 0 amide bonds. The predicted octanol–water partition coefficient (Wildman–Crippen LogP) is 6.13. The molecule has 4 aromatic rings. The molecule has 0 fully saturated rings. The van der Waals surface area contributed by atoms with Crippen LogP contribution < -0.4 is 0 Å². The summed E-state index contributed by atoms with van der Waals surface area (Å²) in [6.07, 6.45) is 1.47. The number of benzene rings is 2. The van der Waals surface area contributed by atoms with E-state index < -0.39 is 14.0 Å². The van der Waals surface area contributed by atoms with Crippen LogP contribution in [0.2, 0.25) is 25.7 Å². The normalized spacial score (nSPS) is 11.6. The van der Waals surface area contributed by atoms with E-state index >= 15 is 0 Å². The molecule has 164 valence electrons. The third kappa shape index (κ3) is 5.18. The van der Waals surface area contributed by atoms with E-state index in [1.54, 1.807) is 10.7 Å². The van der Waals surface area contributed by atoms with Crippen molar-refractivity contribution in [2.75, 3.05) is 6.61 Å². The number of aromatic nitrogens is 4. The van der Waals surface area contributed by atoms with Gasteiger partial charge in [0, 0.05) is 26.4 Å². The standard InChI is InChI=1S/C25H27FN4OSi/c1-32(2,3)17-16-31-18-30-25(20-12-8-5-9-13-20)28-24(29-30)22-21(14-15-27-23(22)26)19-10-6-4-7-11-19/h4-15H,16-18H2,1-3H3. The topological polar surface area (TPSA) is 52.8 Å². The Hall–Kier alpha value is -3.16. The van der Waals surface area contributed by atoms with Gasteiger partial charge in [-0.1, -0.05) is 80.3 Å². The Labute approximate surface area is 188 Å². The number of pyridine rings is 1. The average molecular weight is 447 g/mol. The van der Waals surface area contributed by atoms with Crippen LogP contribution in [-0.2, 0) is 11.5 Å². The lowest BCUT2D eigenvalue weighted by Crippen LogP contribution is -2.22. The van der Waals surface area contributed by atoms with Crippen LogP contribution in [-0.4, -0.2) is 34.4 Å². The van der Waals surface area contributed by atoms with E-state index in [0.29, 0.717) is 23.8 Å². The minimum Gasteiger partial charge on any atom is -0.359 e. The zero-order chi connectivity index (χ0) is 22.6. The van der Waals surface area contributed by atoms with Crippen molar-refractivity contribution in [3.05, 3.63) is 78.9 Å². The Morgan fingerprint density at radius 2 is 1.56 bits per heavy atom.